The summed E-state index contributed by atoms with van der Waals surface area (Å²) in [6, 6.07) is 10.6. The van der Waals surface area contributed by atoms with Crippen LogP contribution in [0.25, 0.3) is 11.3 Å². The lowest BCUT2D eigenvalue weighted by molar-refractivity contribution is -0.192. The number of carboxylic acids is 1. The number of likely N-dealkylation sites (N-methyl/N-ethyl adjacent to an activating group) is 1. The number of rotatable bonds is 8. The number of aliphatic carboxylic acids is 1. The Morgan fingerprint density at radius 2 is 1.68 bits per heavy atom. The number of nitrogens with zero attached hydrogens (tertiary/aromatic N) is 4. The van der Waals surface area contributed by atoms with Gasteiger partial charge in [0, 0.05) is 24.2 Å². The molecule has 3 aromatic rings. The van der Waals surface area contributed by atoms with E-state index in [0.29, 0.717) is 23.8 Å². The van der Waals surface area contributed by atoms with Crippen molar-refractivity contribution in [3.05, 3.63) is 65.2 Å². The molecule has 1 aliphatic rings. The molecule has 2 amide bonds. The third kappa shape index (κ3) is 7.45. The van der Waals surface area contributed by atoms with Crippen LogP contribution >= 0.6 is 0 Å². The van der Waals surface area contributed by atoms with E-state index in [2.05, 4.69) is 34.4 Å². The third-order valence-electron chi connectivity index (χ3n) is 6.23. The van der Waals surface area contributed by atoms with Gasteiger partial charge >= 0.3 is 18.2 Å². The number of carboxylic acid groups (broad SMARTS) is 1. The van der Waals surface area contributed by atoms with Crippen molar-refractivity contribution in [2.75, 3.05) is 36.4 Å². The van der Waals surface area contributed by atoms with E-state index in [9.17, 15) is 26.7 Å². The molecule has 220 valence electrons. The predicted octanol–water partition coefficient (Wildman–Crippen LogP) is 5.48. The maximum absolute atomic E-state index is 14.7. The molecule has 41 heavy (non-hydrogen) atoms. The summed E-state index contributed by atoms with van der Waals surface area (Å²) in [5.74, 6) is -4.01. The summed E-state index contributed by atoms with van der Waals surface area (Å²) in [5, 5.41) is 13.1. The molecule has 1 aliphatic heterocycles. The Morgan fingerprint density at radius 3 is 2.24 bits per heavy atom. The van der Waals surface area contributed by atoms with E-state index in [1.54, 1.807) is 0 Å². The van der Waals surface area contributed by atoms with E-state index < -0.39 is 35.5 Å². The number of benzene rings is 2. The molecule has 0 aliphatic carbocycles. The van der Waals surface area contributed by atoms with E-state index in [1.165, 1.54) is 6.07 Å². The maximum Gasteiger partial charge on any atom is 0.490 e. The number of fused-ring (bicyclic) bond motifs is 1. The monoisotopic (exact) mass is 580 g/mol. The molecule has 0 radical (unpaired) electrons. The van der Waals surface area contributed by atoms with Crippen molar-refractivity contribution in [1.29, 1.82) is 0 Å². The SMILES string of the molecule is CCN(CC)CCNc1nc(-c2ccccc2C)c2c(n1)N(c1c(F)cccc1F)C(=O)NC2.O=C(O)C(F)(F)F. The molecule has 0 atom stereocenters. The van der Waals surface area contributed by atoms with Crippen LogP contribution in [0.2, 0.25) is 0 Å². The highest BCUT2D eigenvalue weighted by molar-refractivity contribution is 6.02. The second kappa shape index (κ2) is 13.4. The van der Waals surface area contributed by atoms with Gasteiger partial charge in [0.2, 0.25) is 5.95 Å². The van der Waals surface area contributed by atoms with Crippen molar-refractivity contribution < 1.29 is 36.6 Å². The Kier molecular flexibility index (Phi) is 10.2. The van der Waals surface area contributed by atoms with Crippen molar-refractivity contribution in [3.8, 4) is 11.3 Å². The average molecular weight is 581 g/mol. The van der Waals surface area contributed by atoms with Crippen molar-refractivity contribution in [2.45, 2.75) is 33.5 Å². The van der Waals surface area contributed by atoms with Crippen LogP contribution in [0.1, 0.15) is 25.0 Å². The van der Waals surface area contributed by atoms with E-state index >= 15 is 0 Å². The zero-order valence-electron chi connectivity index (χ0n) is 22.5. The summed E-state index contributed by atoms with van der Waals surface area (Å²) in [4.78, 5) is 34.3. The number of halogens is 5. The molecule has 0 unspecified atom stereocenters. The first-order chi connectivity index (χ1) is 19.4. The van der Waals surface area contributed by atoms with E-state index in [4.69, 9.17) is 14.9 Å². The first kappa shape index (κ1) is 31.2. The molecule has 0 saturated heterocycles. The van der Waals surface area contributed by atoms with Gasteiger partial charge in [-0.2, -0.15) is 18.2 Å². The second-order valence-corrected chi connectivity index (χ2v) is 8.83. The molecule has 4 rings (SSSR count). The normalized spacial score (nSPS) is 12.8. The lowest BCUT2D eigenvalue weighted by Gasteiger charge is -2.31. The minimum absolute atomic E-state index is 0.143. The number of carbonyl (C=O) groups excluding carboxylic acids is 1. The molecule has 0 saturated carbocycles. The number of urea groups is 1. The van der Waals surface area contributed by atoms with Crippen LogP contribution in [-0.2, 0) is 11.3 Å². The lowest BCUT2D eigenvalue weighted by Crippen LogP contribution is -2.43. The minimum atomic E-state index is -5.08. The highest BCUT2D eigenvalue weighted by Gasteiger charge is 2.38. The van der Waals surface area contributed by atoms with Crippen molar-refractivity contribution >= 4 is 29.5 Å². The van der Waals surface area contributed by atoms with E-state index in [-0.39, 0.29) is 12.4 Å². The number of aromatic nitrogens is 2. The Bertz CT molecular complexity index is 1380. The van der Waals surface area contributed by atoms with Crippen LogP contribution in [0.4, 0.5) is 44.2 Å². The zero-order valence-corrected chi connectivity index (χ0v) is 22.5. The largest absolute Gasteiger partial charge is 0.490 e. The average Bonchev–Trinajstić information content (AvgIpc) is 2.92. The van der Waals surface area contributed by atoms with Gasteiger partial charge in [0.25, 0.3) is 0 Å². The number of amides is 2. The highest BCUT2D eigenvalue weighted by Crippen LogP contribution is 2.38. The minimum Gasteiger partial charge on any atom is -0.475 e. The van der Waals surface area contributed by atoms with Gasteiger partial charge in [-0.1, -0.05) is 44.2 Å². The number of carbonyl (C=O) groups is 2. The highest BCUT2D eigenvalue weighted by atomic mass is 19.4. The molecule has 0 fully saturated rings. The van der Waals surface area contributed by atoms with Crippen molar-refractivity contribution in [2.24, 2.45) is 0 Å². The second-order valence-electron chi connectivity index (χ2n) is 8.83. The van der Waals surface area contributed by atoms with Crippen LogP contribution in [0.3, 0.4) is 0 Å². The molecular formula is C27H29F5N6O3. The van der Waals surface area contributed by atoms with Crippen molar-refractivity contribution in [3.63, 3.8) is 0 Å². The number of alkyl halides is 3. The van der Waals surface area contributed by atoms with Gasteiger partial charge in [-0.3, -0.25) is 0 Å². The fourth-order valence-electron chi connectivity index (χ4n) is 4.08. The fraction of sp³-hybridized carbons (Fsp3) is 0.333. The van der Waals surface area contributed by atoms with Crippen LogP contribution in [0.5, 0.6) is 0 Å². The lowest BCUT2D eigenvalue weighted by atomic mass is 10.00. The van der Waals surface area contributed by atoms with Crippen LogP contribution < -0.4 is 15.5 Å². The molecule has 0 bridgehead atoms. The first-order valence-corrected chi connectivity index (χ1v) is 12.6. The van der Waals surface area contributed by atoms with Gasteiger partial charge in [0.05, 0.1) is 12.2 Å². The number of aryl methyl sites for hydroxylation is 1. The van der Waals surface area contributed by atoms with E-state index in [0.717, 1.165) is 47.8 Å². The number of anilines is 3. The molecule has 9 nitrogen and oxygen atoms in total. The number of hydrogen-bond acceptors (Lipinski definition) is 6. The van der Waals surface area contributed by atoms with Gasteiger partial charge < -0.3 is 20.6 Å². The van der Waals surface area contributed by atoms with Crippen molar-refractivity contribution in [1.82, 2.24) is 20.2 Å². The Balaban J connectivity index is 0.000000587. The number of nitrogens with one attached hydrogen (secondary N) is 2. The summed E-state index contributed by atoms with van der Waals surface area (Å²) in [5.41, 5.74) is 2.57. The molecule has 2 aromatic carbocycles. The summed E-state index contributed by atoms with van der Waals surface area (Å²) in [6.07, 6.45) is -5.08. The quantitative estimate of drug-likeness (QED) is 0.303. The molecular weight excluding hydrogens is 551 g/mol. The topological polar surface area (TPSA) is 111 Å². The summed E-state index contributed by atoms with van der Waals surface area (Å²) in [6.45, 7) is 9.48. The van der Waals surface area contributed by atoms with Gasteiger partial charge in [-0.05, 0) is 37.7 Å². The van der Waals surface area contributed by atoms with Gasteiger partial charge in [-0.25, -0.2) is 28.3 Å². The van der Waals surface area contributed by atoms with Gasteiger partial charge in [0.1, 0.15) is 17.3 Å². The van der Waals surface area contributed by atoms with Gasteiger partial charge in [0.15, 0.2) is 5.82 Å². The van der Waals surface area contributed by atoms with E-state index in [1.807, 2.05) is 31.2 Å². The number of hydrogen-bond donors (Lipinski definition) is 3. The maximum atomic E-state index is 14.7. The standard InChI is InChI=1S/C25H28F2N6O.C2HF3O2/c1-4-32(5-2)14-13-28-24-30-21(17-10-7-6-9-16(17)3)18-15-29-25(34)33(23(18)31-24)22-19(26)11-8-12-20(22)27;3-2(4,5)1(6)7/h6-12H,4-5,13-15H2,1-3H3,(H,29,34)(H,28,30,31);(H,6,7). The Labute approximate surface area is 233 Å². The summed E-state index contributed by atoms with van der Waals surface area (Å²) in [7, 11) is 0. The molecule has 3 N–H and O–H groups in total. The first-order valence-electron chi connectivity index (χ1n) is 12.6. The molecule has 0 spiro atoms. The molecule has 2 heterocycles. The van der Waals surface area contributed by atoms with Crippen LogP contribution in [0, 0.1) is 18.6 Å². The molecule has 1 aromatic heterocycles. The van der Waals surface area contributed by atoms with Gasteiger partial charge in [-0.15, -0.1) is 0 Å². The Morgan fingerprint density at radius 1 is 1.07 bits per heavy atom. The smallest absolute Gasteiger partial charge is 0.475 e. The third-order valence-corrected chi connectivity index (χ3v) is 6.23. The summed E-state index contributed by atoms with van der Waals surface area (Å²) < 4.78 is 61.2. The summed E-state index contributed by atoms with van der Waals surface area (Å²) >= 11 is 0. The molecule has 14 heteroatoms. The zero-order chi connectivity index (χ0) is 30.3. The fourth-order valence-corrected chi connectivity index (χ4v) is 4.08. The Hall–Kier alpha value is -4.33. The van der Waals surface area contributed by atoms with Crippen LogP contribution in [-0.4, -0.2) is 64.3 Å². The number of para-hydroxylation sites is 1. The predicted molar refractivity (Wildman–Crippen MR) is 143 cm³/mol. The van der Waals surface area contributed by atoms with Crippen LogP contribution in [0.15, 0.2) is 42.5 Å².